The summed E-state index contributed by atoms with van der Waals surface area (Å²) in [6, 6.07) is 13.1. The molecule has 0 spiro atoms. The fraction of sp³-hybridized carbons (Fsp3) is 0.300. The minimum Gasteiger partial charge on any atom is -0.352 e. The minimum atomic E-state index is -3.81. The van der Waals surface area contributed by atoms with Gasteiger partial charge in [0.25, 0.3) is 5.91 Å². The number of nitrogens with one attached hydrogen (secondary N) is 2. The number of sulfonamides is 1. The van der Waals surface area contributed by atoms with Crippen molar-refractivity contribution in [3.05, 3.63) is 54.1 Å². The first-order valence-electron chi connectivity index (χ1n) is 9.07. The van der Waals surface area contributed by atoms with Gasteiger partial charge in [0.2, 0.25) is 15.9 Å². The highest BCUT2D eigenvalue weighted by Gasteiger charge is 2.23. The third kappa shape index (κ3) is 6.06. The van der Waals surface area contributed by atoms with Gasteiger partial charge >= 0.3 is 0 Å². The molecule has 0 aliphatic heterocycles. The SMILES string of the molecule is CCCNC(=O)c1ccccc1NC(=O)CN(C)S(=O)(=O)c1ccc(SC)cc1. The topological polar surface area (TPSA) is 95.6 Å². The van der Waals surface area contributed by atoms with Crippen LogP contribution in [0.1, 0.15) is 23.7 Å². The minimum absolute atomic E-state index is 0.116. The van der Waals surface area contributed by atoms with E-state index in [0.717, 1.165) is 15.6 Å². The van der Waals surface area contributed by atoms with E-state index in [1.165, 1.54) is 30.9 Å². The first kappa shape index (κ1) is 22.9. The number of hydrogen-bond acceptors (Lipinski definition) is 5. The van der Waals surface area contributed by atoms with Crippen LogP contribution in [0, 0.1) is 0 Å². The van der Waals surface area contributed by atoms with E-state index >= 15 is 0 Å². The molecule has 9 heteroatoms. The van der Waals surface area contributed by atoms with Gasteiger partial charge in [-0.05, 0) is 49.1 Å². The van der Waals surface area contributed by atoms with Gasteiger partial charge in [-0.25, -0.2) is 8.42 Å². The van der Waals surface area contributed by atoms with Gasteiger partial charge in [0.15, 0.2) is 0 Å². The van der Waals surface area contributed by atoms with Crippen molar-refractivity contribution in [1.29, 1.82) is 0 Å². The predicted octanol–water partition coefficient (Wildman–Crippen LogP) is 2.81. The molecule has 0 saturated heterocycles. The monoisotopic (exact) mass is 435 g/mol. The molecule has 0 bridgehead atoms. The molecule has 156 valence electrons. The van der Waals surface area contributed by atoms with E-state index in [-0.39, 0.29) is 17.3 Å². The van der Waals surface area contributed by atoms with E-state index in [1.807, 2.05) is 13.2 Å². The lowest BCUT2D eigenvalue weighted by atomic mass is 10.1. The zero-order chi connectivity index (χ0) is 21.4. The van der Waals surface area contributed by atoms with Crippen LogP contribution in [0.2, 0.25) is 0 Å². The molecule has 2 aromatic carbocycles. The Balaban J connectivity index is 2.09. The molecule has 0 aliphatic rings. The molecular formula is C20H25N3O4S2. The standard InChI is InChI=1S/C20H25N3O4S2/c1-4-13-21-20(25)17-7-5-6-8-18(17)22-19(24)14-23(2)29(26,27)16-11-9-15(28-3)10-12-16/h5-12H,4,13-14H2,1-3H3,(H,21,25)(H,22,24). The molecule has 0 heterocycles. The maximum atomic E-state index is 12.7. The van der Waals surface area contributed by atoms with Crippen molar-refractivity contribution in [2.75, 3.05) is 31.7 Å². The Labute approximate surface area is 175 Å². The van der Waals surface area contributed by atoms with Gasteiger partial charge in [0.1, 0.15) is 0 Å². The number of rotatable bonds is 9. The lowest BCUT2D eigenvalue weighted by Crippen LogP contribution is -2.35. The summed E-state index contributed by atoms with van der Waals surface area (Å²) in [7, 11) is -2.46. The number of thioether (sulfide) groups is 1. The van der Waals surface area contributed by atoms with Gasteiger partial charge in [0.05, 0.1) is 22.7 Å². The van der Waals surface area contributed by atoms with Crippen LogP contribution in [0.5, 0.6) is 0 Å². The van der Waals surface area contributed by atoms with Crippen molar-refractivity contribution in [3.8, 4) is 0 Å². The summed E-state index contributed by atoms with van der Waals surface area (Å²) in [6.07, 6.45) is 2.70. The third-order valence-corrected chi connectivity index (χ3v) is 6.68. The van der Waals surface area contributed by atoms with E-state index in [1.54, 1.807) is 36.4 Å². The Morgan fingerprint density at radius 3 is 2.34 bits per heavy atom. The highest BCUT2D eigenvalue weighted by molar-refractivity contribution is 7.98. The molecule has 0 aromatic heterocycles. The smallest absolute Gasteiger partial charge is 0.253 e. The van der Waals surface area contributed by atoms with Gasteiger partial charge in [0, 0.05) is 18.5 Å². The van der Waals surface area contributed by atoms with Crippen molar-refractivity contribution in [1.82, 2.24) is 9.62 Å². The normalized spacial score (nSPS) is 11.3. The highest BCUT2D eigenvalue weighted by atomic mass is 32.2. The van der Waals surface area contributed by atoms with Crippen molar-refractivity contribution in [3.63, 3.8) is 0 Å². The number of para-hydroxylation sites is 1. The van der Waals surface area contributed by atoms with Crippen molar-refractivity contribution < 1.29 is 18.0 Å². The van der Waals surface area contributed by atoms with Gasteiger partial charge in [-0.1, -0.05) is 19.1 Å². The van der Waals surface area contributed by atoms with Crippen molar-refractivity contribution in [2.24, 2.45) is 0 Å². The summed E-state index contributed by atoms with van der Waals surface area (Å²) in [5, 5.41) is 5.39. The van der Waals surface area contributed by atoms with E-state index in [0.29, 0.717) is 17.8 Å². The Kier molecular flexibility index (Phi) is 8.24. The van der Waals surface area contributed by atoms with Crippen LogP contribution in [0.25, 0.3) is 0 Å². The number of hydrogen-bond donors (Lipinski definition) is 2. The summed E-state index contributed by atoms with van der Waals surface area (Å²) >= 11 is 1.51. The number of likely N-dealkylation sites (N-methyl/N-ethyl adjacent to an activating group) is 1. The second-order valence-electron chi connectivity index (χ2n) is 6.29. The summed E-state index contributed by atoms with van der Waals surface area (Å²) in [4.78, 5) is 25.8. The second kappa shape index (κ2) is 10.4. The first-order chi connectivity index (χ1) is 13.8. The van der Waals surface area contributed by atoms with E-state index in [9.17, 15) is 18.0 Å². The predicted molar refractivity (Wildman–Crippen MR) is 116 cm³/mol. The zero-order valence-electron chi connectivity index (χ0n) is 16.6. The Morgan fingerprint density at radius 1 is 1.07 bits per heavy atom. The fourth-order valence-electron chi connectivity index (χ4n) is 2.53. The van der Waals surface area contributed by atoms with E-state index < -0.39 is 15.9 Å². The maximum Gasteiger partial charge on any atom is 0.253 e. The van der Waals surface area contributed by atoms with Crippen molar-refractivity contribution in [2.45, 2.75) is 23.1 Å². The number of amides is 2. The van der Waals surface area contributed by atoms with E-state index in [4.69, 9.17) is 0 Å². The summed E-state index contributed by atoms with van der Waals surface area (Å²) < 4.78 is 26.4. The van der Waals surface area contributed by atoms with Gasteiger partial charge < -0.3 is 10.6 Å². The van der Waals surface area contributed by atoms with Crippen LogP contribution >= 0.6 is 11.8 Å². The third-order valence-electron chi connectivity index (χ3n) is 4.12. The average molecular weight is 436 g/mol. The number of benzene rings is 2. The molecule has 0 saturated carbocycles. The number of carbonyl (C=O) groups is 2. The molecule has 2 N–H and O–H groups in total. The zero-order valence-corrected chi connectivity index (χ0v) is 18.3. The van der Waals surface area contributed by atoms with Gasteiger partial charge in [-0.15, -0.1) is 11.8 Å². The van der Waals surface area contributed by atoms with Crippen LogP contribution < -0.4 is 10.6 Å². The largest absolute Gasteiger partial charge is 0.352 e. The quantitative estimate of drug-likeness (QED) is 0.591. The van der Waals surface area contributed by atoms with Crippen LogP contribution in [-0.2, 0) is 14.8 Å². The molecule has 0 aliphatic carbocycles. The summed E-state index contributed by atoms with van der Waals surface area (Å²) in [5.41, 5.74) is 0.661. The van der Waals surface area contributed by atoms with Gasteiger partial charge in [-0.3, -0.25) is 9.59 Å². The van der Waals surface area contributed by atoms with E-state index in [2.05, 4.69) is 10.6 Å². The highest BCUT2D eigenvalue weighted by Crippen LogP contribution is 2.20. The molecule has 2 rings (SSSR count). The Bertz CT molecular complexity index is 960. The van der Waals surface area contributed by atoms with Crippen LogP contribution in [0.3, 0.4) is 0 Å². The lowest BCUT2D eigenvalue weighted by Gasteiger charge is -2.18. The van der Waals surface area contributed by atoms with Crippen molar-refractivity contribution >= 4 is 39.3 Å². The second-order valence-corrected chi connectivity index (χ2v) is 9.21. The Hall–Kier alpha value is -2.36. The summed E-state index contributed by atoms with van der Waals surface area (Å²) in [6.45, 7) is 2.09. The first-order valence-corrected chi connectivity index (χ1v) is 11.7. The molecule has 0 fully saturated rings. The summed E-state index contributed by atoms with van der Waals surface area (Å²) in [5.74, 6) is -0.829. The van der Waals surface area contributed by atoms with Crippen LogP contribution in [0.15, 0.2) is 58.3 Å². The molecule has 0 unspecified atom stereocenters. The fourth-order valence-corrected chi connectivity index (χ4v) is 4.06. The van der Waals surface area contributed by atoms with Gasteiger partial charge in [-0.2, -0.15) is 4.31 Å². The Morgan fingerprint density at radius 2 is 1.72 bits per heavy atom. The lowest BCUT2D eigenvalue weighted by molar-refractivity contribution is -0.116. The molecular weight excluding hydrogens is 410 g/mol. The average Bonchev–Trinajstić information content (AvgIpc) is 2.72. The number of anilines is 1. The molecule has 0 radical (unpaired) electrons. The maximum absolute atomic E-state index is 12.7. The number of nitrogens with zero attached hydrogens (tertiary/aromatic N) is 1. The number of carbonyl (C=O) groups excluding carboxylic acids is 2. The molecule has 7 nitrogen and oxygen atoms in total. The van der Waals surface area contributed by atoms with Crippen LogP contribution in [0.4, 0.5) is 5.69 Å². The molecule has 2 amide bonds. The molecule has 0 atom stereocenters. The molecule has 29 heavy (non-hydrogen) atoms. The van der Waals surface area contributed by atoms with Crippen LogP contribution in [-0.4, -0.2) is 50.9 Å². The molecule has 2 aromatic rings.